The zero-order valence-electron chi connectivity index (χ0n) is 13.1. The van der Waals surface area contributed by atoms with Gasteiger partial charge in [0.2, 0.25) is 0 Å². The second-order valence-corrected chi connectivity index (χ2v) is 6.97. The van der Waals surface area contributed by atoms with Crippen molar-refractivity contribution < 1.29 is 9.53 Å². The van der Waals surface area contributed by atoms with Gasteiger partial charge in [-0.2, -0.15) is 0 Å². The number of hydrogen-bond donors (Lipinski definition) is 1. The van der Waals surface area contributed by atoms with Crippen LogP contribution in [0.3, 0.4) is 0 Å². The van der Waals surface area contributed by atoms with Crippen molar-refractivity contribution in [1.82, 2.24) is 4.90 Å². The van der Waals surface area contributed by atoms with E-state index < -0.39 is 5.54 Å². The third kappa shape index (κ3) is 2.13. The smallest absolute Gasteiger partial charge is 0.261 e. The van der Waals surface area contributed by atoms with Gasteiger partial charge in [0.05, 0.1) is 0 Å². The average Bonchev–Trinajstić information content (AvgIpc) is 2.81. The van der Waals surface area contributed by atoms with Gasteiger partial charge in [-0.1, -0.05) is 46.3 Å². The van der Waals surface area contributed by atoms with Gasteiger partial charge < -0.3 is 10.5 Å². The van der Waals surface area contributed by atoms with Crippen molar-refractivity contribution in [3.8, 4) is 5.75 Å². The maximum Gasteiger partial charge on any atom is 0.261 e. The molecule has 0 fully saturated rings. The van der Waals surface area contributed by atoms with E-state index in [2.05, 4.69) is 20.9 Å². The van der Waals surface area contributed by atoms with Crippen LogP contribution in [0.25, 0.3) is 0 Å². The number of ether oxygens (including phenoxy) is 1. The van der Waals surface area contributed by atoms with Crippen molar-refractivity contribution >= 4 is 27.8 Å². The molecule has 2 aliphatic rings. The number of carbonyl (C=O) groups excluding carboxylic acids is 1. The summed E-state index contributed by atoms with van der Waals surface area (Å²) in [5.41, 5.74) is 6.69. The SMILES string of the molecule is CN1C(=O)[C@@]2(C[C@@H](c3ccccc3)Oc3ccc(Br)cc32)N=C1N. The van der Waals surface area contributed by atoms with E-state index in [9.17, 15) is 4.79 Å². The minimum atomic E-state index is -1.03. The van der Waals surface area contributed by atoms with Crippen LogP contribution in [0.5, 0.6) is 5.75 Å². The lowest BCUT2D eigenvalue weighted by molar-refractivity contribution is -0.132. The molecule has 2 atom stereocenters. The van der Waals surface area contributed by atoms with Crippen LogP contribution in [0, 0.1) is 0 Å². The van der Waals surface area contributed by atoms with Gasteiger partial charge in [-0.05, 0) is 23.8 Å². The van der Waals surface area contributed by atoms with Gasteiger partial charge in [0.1, 0.15) is 11.9 Å². The molecule has 122 valence electrons. The lowest BCUT2D eigenvalue weighted by atomic mass is 9.80. The molecule has 2 aromatic carbocycles. The number of halogens is 1. The Balaban J connectivity index is 1.89. The summed E-state index contributed by atoms with van der Waals surface area (Å²) in [5, 5.41) is 0. The maximum absolute atomic E-state index is 13.0. The predicted octanol–water partition coefficient (Wildman–Crippen LogP) is 2.95. The molecule has 2 aromatic rings. The van der Waals surface area contributed by atoms with E-state index in [1.165, 1.54) is 4.90 Å². The van der Waals surface area contributed by atoms with E-state index in [0.717, 1.165) is 15.6 Å². The number of carbonyl (C=O) groups is 1. The number of hydrogen-bond acceptors (Lipinski definition) is 4. The Morgan fingerprint density at radius 2 is 2.04 bits per heavy atom. The van der Waals surface area contributed by atoms with Crippen molar-refractivity contribution in [3.05, 3.63) is 64.1 Å². The number of guanidine groups is 1. The van der Waals surface area contributed by atoms with E-state index in [4.69, 9.17) is 10.5 Å². The van der Waals surface area contributed by atoms with Crippen molar-refractivity contribution in [1.29, 1.82) is 0 Å². The molecule has 0 unspecified atom stereocenters. The van der Waals surface area contributed by atoms with Crippen molar-refractivity contribution in [2.45, 2.75) is 18.1 Å². The third-order valence-electron chi connectivity index (χ3n) is 4.62. The first-order valence-corrected chi connectivity index (χ1v) is 8.46. The fourth-order valence-electron chi connectivity index (χ4n) is 3.36. The summed E-state index contributed by atoms with van der Waals surface area (Å²) in [6.07, 6.45) is 0.163. The first-order chi connectivity index (χ1) is 11.5. The molecule has 0 saturated carbocycles. The molecule has 2 heterocycles. The van der Waals surface area contributed by atoms with Gasteiger partial charge in [0.15, 0.2) is 11.5 Å². The van der Waals surface area contributed by atoms with Crippen molar-refractivity contribution in [2.75, 3.05) is 7.05 Å². The van der Waals surface area contributed by atoms with Crippen LogP contribution in [0.1, 0.15) is 23.7 Å². The first kappa shape index (κ1) is 15.2. The van der Waals surface area contributed by atoms with E-state index in [1.807, 2.05) is 48.5 Å². The summed E-state index contributed by atoms with van der Waals surface area (Å²) in [6.45, 7) is 0. The molecule has 0 radical (unpaired) electrons. The number of nitrogens with zero attached hydrogens (tertiary/aromatic N) is 2. The number of likely N-dealkylation sites (N-methyl/N-ethyl adjacent to an activating group) is 1. The topological polar surface area (TPSA) is 67.9 Å². The Kier molecular flexibility index (Phi) is 3.38. The number of benzene rings is 2. The van der Waals surface area contributed by atoms with Gasteiger partial charge in [-0.15, -0.1) is 0 Å². The number of amides is 1. The summed E-state index contributed by atoms with van der Waals surface area (Å²) >= 11 is 3.47. The molecule has 0 aromatic heterocycles. The Hall–Kier alpha value is -2.34. The van der Waals surface area contributed by atoms with Crippen LogP contribution in [0.2, 0.25) is 0 Å². The van der Waals surface area contributed by atoms with E-state index in [1.54, 1.807) is 7.05 Å². The summed E-state index contributed by atoms with van der Waals surface area (Å²) in [6, 6.07) is 15.5. The molecule has 0 aliphatic carbocycles. The van der Waals surface area contributed by atoms with Crippen LogP contribution in [-0.4, -0.2) is 23.8 Å². The normalized spacial score (nSPS) is 25.4. The number of nitrogens with two attached hydrogens (primary N) is 1. The van der Waals surface area contributed by atoms with Crippen LogP contribution < -0.4 is 10.5 Å². The summed E-state index contributed by atoms with van der Waals surface area (Å²) in [7, 11) is 1.65. The fraction of sp³-hybridized carbons (Fsp3) is 0.222. The minimum absolute atomic E-state index is 0.122. The predicted molar refractivity (Wildman–Crippen MR) is 94.6 cm³/mol. The molecular formula is C18H16BrN3O2. The summed E-state index contributed by atoms with van der Waals surface area (Å²) < 4.78 is 7.05. The lowest BCUT2D eigenvalue weighted by Gasteiger charge is -2.36. The quantitative estimate of drug-likeness (QED) is 0.820. The molecule has 0 bridgehead atoms. The highest BCUT2D eigenvalue weighted by Gasteiger charge is 2.53. The van der Waals surface area contributed by atoms with E-state index >= 15 is 0 Å². The Morgan fingerprint density at radius 3 is 2.71 bits per heavy atom. The largest absolute Gasteiger partial charge is 0.485 e. The van der Waals surface area contributed by atoms with Crippen molar-refractivity contribution in [2.24, 2.45) is 10.7 Å². The second-order valence-electron chi connectivity index (χ2n) is 6.06. The van der Waals surface area contributed by atoms with Gasteiger partial charge in [-0.3, -0.25) is 9.69 Å². The Labute approximate surface area is 148 Å². The van der Waals surface area contributed by atoms with Gasteiger partial charge >= 0.3 is 0 Å². The van der Waals surface area contributed by atoms with Gasteiger partial charge in [0.25, 0.3) is 5.91 Å². The third-order valence-corrected chi connectivity index (χ3v) is 5.11. The van der Waals surface area contributed by atoms with Crippen molar-refractivity contribution in [3.63, 3.8) is 0 Å². The fourth-order valence-corrected chi connectivity index (χ4v) is 3.72. The molecular weight excluding hydrogens is 370 g/mol. The highest BCUT2D eigenvalue weighted by atomic mass is 79.9. The maximum atomic E-state index is 13.0. The highest BCUT2D eigenvalue weighted by Crippen LogP contribution is 2.50. The zero-order valence-corrected chi connectivity index (χ0v) is 14.7. The van der Waals surface area contributed by atoms with Crippen LogP contribution in [0.15, 0.2) is 58.0 Å². The summed E-state index contributed by atoms with van der Waals surface area (Å²) in [5.74, 6) is 0.779. The minimum Gasteiger partial charge on any atom is -0.485 e. The second kappa shape index (κ2) is 5.34. The van der Waals surface area contributed by atoms with Crippen LogP contribution in [-0.2, 0) is 10.3 Å². The average molecular weight is 386 g/mol. The van der Waals surface area contributed by atoms with Gasteiger partial charge in [-0.25, -0.2) is 4.99 Å². The standard InChI is InChI=1S/C18H16BrN3O2/c1-22-16(23)18(21-17(22)20)10-15(11-5-3-2-4-6-11)24-14-8-7-12(19)9-13(14)18/h2-9,15H,10H2,1H3,(H2,20,21)/t15-,18-/m0/s1. The van der Waals surface area contributed by atoms with E-state index in [-0.39, 0.29) is 18.0 Å². The van der Waals surface area contributed by atoms with E-state index in [0.29, 0.717) is 12.2 Å². The van der Waals surface area contributed by atoms with Gasteiger partial charge in [0, 0.05) is 23.5 Å². The molecule has 2 aliphatic heterocycles. The molecule has 24 heavy (non-hydrogen) atoms. The summed E-state index contributed by atoms with van der Waals surface area (Å²) in [4.78, 5) is 19.0. The molecule has 4 rings (SSSR count). The van der Waals surface area contributed by atoms with Crippen LogP contribution in [0.4, 0.5) is 0 Å². The Morgan fingerprint density at radius 1 is 1.29 bits per heavy atom. The number of rotatable bonds is 1. The molecule has 6 heteroatoms. The molecule has 2 N–H and O–H groups in total. The molecule has 1 spiro atoms. The molecule has 0 saturated heterocycles. The highest BCUT2D eigenvalue weighted by molar-refractivity contribution is 9.10. The van der Waals surface area contributed by atoms with Crippen LogP contribution >= 0.6 is 15.9 Å². The molecule has 5 nitrogen and oxygen atoms in total. The molecule has 1 amide bonds. The number of aliphatic imine (C=N–C) groups is 1. The lowest BCUT2D eigenvalue weighted by Crippen LogP contribution is -2.43. The Bertz CT molecular complexity index is 853. The number of fused-ring (bicyclic) bond motifs is 2. The monoisotopic (exact) mass is 385 g/mol. The first-order valence-electron chi connectivity index (χ1n) is 7.66. The zero-order chi connectivity index (χ0) is 16.9.